The minimum Gasteiger partial charge on any atom is -0.203 e. The fourth-order valence-electron chi connectivity index (χ4n) is 1.64. The van der Waals surface area contributed by atoms with Gasteiger partial charge in [0.2, 0.25) is 0 Å². The van der Waals surface area contributed by atoms with Gasteiger partial charge in [-0.25, -0.2) is 8.78 Å². The molecular weight excluding hydrogens is 362 g/mol. The monoisotopic (exact) mass is 370 g/mol. The Morgan fingerprint density at radius 2 is 1.42 bits per heavy atom. The average molecular weight is 370 g/mol. The molecule has 0 aromatic rings. The highest BCUT2D eigenvalue weighted by atomic mass is 19.4. The predicted octanol–water partition coefficient (Wildman–Crippen LogP) is 5.00. The van der Waals surface area contributed by atoms with Gasteiger partial charge in [-0.3, -0.25) is 0 Å². The smallest absolute Gasteiger partial charge is 0.203 e. The molecule has 0 aliphatic heterocycles. The third kappa shape index (κ3) is 3.74. The van der Waals surface area contributed by atoms with Crippen LogP contribution in [0.4, 0.5) is 43.9 Å². The minimum absolute atomic E-state index is 0.189. The third-order valence-electron chi connectivity index (χ3n) is 3.21. The number of hydrogen-bond donors (Lipinski definition) is 0. The summed E-state index contributed by atoms with van der Waals surface area (Å²) in [5.41, 5.74) is -3.28. The number of nitrogens with zero attached hydrogens (tertiary/aromatic N) is 2. The summed E-state index contributed by atoms with van der Waals surface area (Å²) in [6.07, 6.45) is -10.6. The van der Waals surface area contributed by atoms with Crippen molar-refractivity contribution < 1.29 is 43.9 Å². The van der Waals surface area contributed by atoms with E-state index >= 15 is 0 Å². The van der Waals surface area contributed by atoms with Crippen molar-refractivity contribution in [2.75, 3.05) is 0 Å². The molecular formula is C12H8F10N2. The van der Waals surface area contributed by atoms with Crippen LogP contribution in [0.1, 0.15) is 13.3 Å². The zero-order chi connectivity index (χ0) is 19.6. The van der Waals surface area contributed by atoms with E-state index < -0.39 is 48.0 Å². The van der Waals surface area contributed by atoms with Gasteiger partial charge in [-0.1, -0.05) is 6.92 Å². The largest absolute Gasteiger partial charge is 0.377 e. The van der Waals surface area contributed by atoms with Gasteiger partial charge >= 0.3 is 24.2 Å². The van der Waals surface area contributed by atoms with E-state index in [9.17, 15) is 43.9 Å². The first-order chi connectivity index (χ1) is 10.6. The van der Waals surface area contributed by atoms with Crippen molar-refractivity contribution in [3.8, 4) is 12.1 Å². The molecule has 0 spiro atoms. The van der Waals surface area contributed by atoms with Crippen molar-refractivity contribution in [2.24, 2.45) is 11.3 Å². The maximum Gasteiger partial charge on any atom is 0.377 e. The number of hydrogen-bond acceptors (Lipinski definition) is 2. The van der Waals surface area contributed by atoms with E-state index in [1.54, 1.807) is 0 Å². The second-order valence-electron chi connectivity index (χ2n) is 4.82. The molecule has 0 saturated carbocycles. The Kier molecular flexibility index (Phi) is 6.30. The molecule has 1 unspecified atom stereocenters. The standard InChI is InChI=1S/C12H8F10N2/c1-6(2-7(13)14)9(4-23,5-24)3-10(17,18)12(21,22)11(19,20)8(15)16/h2,6,8H,3H2,1H3. The van der Waals surface area contributed by atoms with E-state index in [1.807, 2.05) is 0 Å². The summed E-state index contributed by atoms with van der Waals surface area (Å²) in [5.74, 6) is -21.2. The lowest BCUT2D eigenvalue weighted by atomic mass is 9.73. The number of alkyl halides is 8. The van der Waals surface area contributed by atoms with E-state index in [1.165, 1.54) is 0 Å². The Balaban J connectivity index is 6.02. The van der Waals surface area contributed by atoms with Crippen LogP contribution >= 0.6 is 0 Å². The zero-order valence-electron chi connectivity index (χ0n) is 11.6. The molecule has 0 amide bonds. The first-order valence-corrected chi connectivity index (χ1v) is 5.88. The van der Waals surface area contributed by atoms with Gasteiger partial charge in [0.1, 0.15) is 0 Å². The van der Waals surface area contributed by atoms with Gasteiger partial charge in [0.05, 0.1) is 18.6 Å². The summed E-state index contributed by atoms with van der Waals surface area (Å²) in [6, 6.07) is 1.59. The highest BCUT2D eigenvalue weighted by Crippen LogP contribution is 2.53. The van der Waals surface area contributed by atoms with Crippen LogP contribution < -0.4 is 0 Å². The summed E-state index contributed by atoms with van der Waals surface area (Å²) in [5, 5.41) is 17.5. The fraction of sp³-hybridized carbons (Fsp3) is 0.667. The predicted molar refractivity (Wildman–Crippen MR) is 58.6 cm³/mol. The molecule has 0 radical (unpaired) electrons. The molecule has 0 aromatic heterocycles. The lowest BCUT2D eigenvalue weighted by Gasteiger charge is -2.35. The van der Waals surface area contributed by atoms with E-state index in [-0.39, 0.29) is 6.08 Å². The van der Waals surface area contributed by atoms with Gasteiger partial charge < -0.3 is 0 Å². The molecule has 0 aromatic carbocycles. The Morgan fingerprint density at radius 3 is 1.71 bits per heavy atom. The van der Waals surface area contributed by atoms with Gasteiger partial charge in [-0.2, -0.15) is 45.6 Å². The molecule has 0 rings (SSSR count). The van der Waals surface area contributed by atoms with Crippen molar-refractivity contribution in [1.29, 1.82) is 10.5 Å². The Hall–Kier alpha value is -1.98. The highest BCUT2D eigenvalue weighted by Gasteiger charge is 2.76. The maximum absolute atomic E-state index is 13.6. The van der Waals surface area contributed by atoms with Crippen LogP contribution in [0.5, 0.6) is 0 Å². The van der Waals surface area contributed by atoms with Crippen molar-refractivity contribution >= 4 is 0 Å². The van der Waals surface area contributed by atoms with E-state index in [0.29, 0.717) is 6.92 Å². The topological polar surface area (TPSA) is 47.6 Å². The SMILES string of the molecule is CC(C=C(F)F)C(C#N)(C#N)CC(F)(F)C(F)(F)C(F)(F)C(F)F. The summed E-state index contributed by atoms with van der Waals surface area (Å²) in [6.45, 7) is 0.602. The van der Waals surface area contributed by atoms with Gasteiger partial charge in [0.25, 0.3) is 6.08 Å². The lowest BCUT2D eigenvalue weighted by molar-refractivity contribution is -0.342. The molecule has 136 valence electrons. The van der Waals surface area contributed by atoms with Crippen molar-refractivity contribution in [1.82, 2.24) is 0 Å². The molecule has 0 bridgehead atoms. The molecule has 12 heteroatoms. The summed E-state index contributed by atoms with van der Waals surface area (Å²) in [4.78, 5) is 0. The van der Waals surface area contributed by atoms with Crippen LogP contribution in [0.25, 0.3) is 0 Å². The summed E-state index contributed by atoms with van der Waals surface area (Å²) in [7, 11) is 0. The van der Waals surface area contributed by atoms with Crippen LogP contribution in [-0.2, 0) is 0 Å². The molecule has 0 heterocycles. The van der Waals surface area contributed by atoms with Gasteiger partial charge in [-0.15, -0.1) is 0 Å². The Labute approximate surface area is 129 Å². The average Bonchev–Trinajstić information content (AvgIpc) is 2.43. The van der Waals surface area contributed by atoms with Gasteiger partial charge in [0.15, 0.2) is 5.41 Å². The molecule has 0 aliphatic rings. The lowest BCUT2D eigenvalue weighted by Crippen LogP contribution is -2.59. The Bertz CT molecular complexity index is 551. The third-order valence-corrected chi connectivity index (χ3v) is 3.21. The van der Waals surface area contributed by atoms with Crippen molar-refractivity contribution in [3.05, 3.63) is 12.2 Å². The van der Waals surface area contributed by atoms with Crippen molar-refractivity contribution in [2.45, 2.75) is 37.5 Å². The maximum atomic E-state index is 13.6. The van der Waals surface area contributed by atoms with E-state index in [0.717, 1.165) is 12.1 Å². The minimum atomic E-state index is -6.63. The quantitative estimate of drug-likeness (QED) is 0.593. The first kappa shape index (κ1) is 22.0. The molecule has 0 fully saturated rings. The molecule has 0 saturated heterocycles. The molecule has 2 nitrogen and oxygen atoms in total. The van der Waals surface area contributed by atoms with Crippen molar-refractivity contribution in [3.63, 3.8) is 0 Å². The zero-order valence-corrected chi connectivity index (χ0v) is 11.6. The highest BCUT2D eigenvalue weighted by molar-refractivity contribution is 5.22. The van der Waals surface area contributed by atoms with Crippen LogP contribution in [0.15, 0.2) is 12.2 Å². The van der Waals surface area contributed by atoms with E-state index in [4.69, 9.17) is 10.5 Å². The van der Waals surface area contributed by atoms with Crippen LogP contribution in [-0.4, -0.2) is 24.2 Å². The summed E-state index contributed by atoms with van der Waals surface area (Å²) >= 11 is 0. The second kappa shape index (κ2) is 6.87. The number of halogens is 10. The van der Waals surface area contributed by atoms with Crippen LogP contribution in [0.3, 0.4) is 0 Å². The Morgan fingerprint density at radius 1 is 1.00 bits per heavy atom. The van der Waals surface area contributed by atoms with Gasteiger partial charge in [-0.05, 0) is 6.08 Å². The number of nitriles is 2. The summed E-state index contributed by atoms with van der Waals surface area (Å²) < 4.78 is 127. The van der Waals surface area contributed by atoms with E-state index in [2.05, 4.69) is 0 Å². The van der Waals surface area contributed by atoms with Crippen LogP contribution in [0, 0.1) is 34.0 Å². The number of rotatable bonds is 7. The molecule has 24 heavy (non-hydrogen) atoms. The molecule has 1 atom stereocenters. The number of allylic oxidation sites excluding steroid dienone is 1. The molecule has 0 N–H and O–H groups in total. The second-order valence-corrected chi connectivity index (χ2v) is 4.82. The van der Waals surface area contributed by atoms with Gasteiger partial charge in [0, 0.05) is 5.92 Å². The first-order valence-electron chi connectivity index (χ1n) is 5.88. The molecule has 0 aliphatic carbocycles. The fourth-order valence-corrected chi connectivity index (χ4v) is 1.64. The van der Waals surface area contributed by atoms with Crippen LogP contribution in [0.2, 0.25) is 0 Å². The normalized spacial score (nSPS) is 14.8.